The summed E-state index contributed by atoms with van der Waals surface area (Å²) in [6, 6.07) is 107. The summed E-state index contributed by atoms with van der Waals surface area (Å²) in [4.78, 5) is 70.6. The Bertz CT molecular complexity index is 4980. The van der Waals surface area contributed by atoms with Crippen LogP contribution in [0.1, 0.15) is 113 Å². The van der Waals surface area contributed by atoms with E-state index >= 15 is 0 Å². The summed E-state index contributed by atoms with van der Waals surface area (Å²) in [7, 11) is -6.42. The van der Waals surface area contributed by atoms with E-state index < -0.39 is 118 Å². The van der Waals surface area contributed by atoms with E-state index in [1.165, 1.54) is 92.6 Å². The molecule has 2 aliphatic carbocycles. The van der Waals surface area contributed by atoms with Crippen molar-refractivity contribution >= 4 is 72.5 Å². The molecule has 712 valence electrons. The highest BCUT2D eigenvalue weighted by molar-refractivity contribution is 7.97. The minimum Gasteiger partial charge on any atom is -0.508 e. The summed E-state index contributed by atoms with van der Waals surface area (Å²) in [5.41, 5.74) is 0.168. The number of aromatic hydroxyl groups is 2. The number of hydrogen-bond acceptors (Lipinski definition) is 13. The third kappa shape index (κ3) is 32.2. The molecule has 0 aromatic heterocycles. The van der Waals surface area contributed by atoms with Gasteiger partial charge in [-0.15, -0.1) is 9.35 Å². The van der Waals surface area contributed by atoms with Gasteiger partial charge in [0.15, 0.2) is 44.1 Å². The Morgan fingerprint density at radius 3 is 0.881 bits per heavy atom. The number of hydroxylamine groups is 2. The number of nitrogens with zero attached hydrogens (tertiary/aromatic N) is 1. The van der Waals surface area contributed by atoms with Crippen molar-refractivity contribution in [2.45, 2.75) is 177 Å². The van der Waals surface area contributed by atoms with Gasteiger partial charge in [-0.1, -0.05) is 188 Å². The Morgan fingerprint density at radius 2 is 0.612 bits per heavy atom. The second kappa shape index (κ2) is 50.5. The fraction of sp³-hybridized carbons (Fsp3) is 0.277. The number of rotatable bonds is 32. The molecule has 0 spiro atoms. The van der Waals surface area contributed by atoms with E-state index in [-0.39, 0.29) is 145 Å². The van der Waals surface area contributed by atoms with Crippen molar-refractivity contribution in [2.24, 2.45) is 23.7 Å². The van der Waals surface area contributed by atoms with E-state index in [9.17, 15) is 103 Å². The molecule has 2 amide bonds. The van der Waals surface area contributed by atoms with E-state index in [0.717, 1.165) is 6.92 Å². The van der Waals surface area contributed by atoms with E-state index in [0.29, 0.717) is 6.42 Å². The molecule has 33 heteroatoms. The van der Waals surface area contributed by atoms with Crippen LogP contribution in [0.25, 0.3) is 0 Å². The topological polar surface area (TPSA) is 200 Å². The Hall–Kier alpha value is -11.8. The van der Waals surface area contributed by atoms with Crippen molar-refractivity contribution in [3.63, 3.8) is 0 Å². The average Bonchev–Trinajstić information content (AvgIpc) is 1.56. The second-order valence-electron chi connectivity index (χ2n) is 30.5. The lowest BCUT2D eigenvalue weighted by Gasteiger charge is -2.27. The van der Waals surface area contributed by atoms with Crippen LogP contribution >= 0.6 is 0 Å². The predicted molar refractivity (Wildman–Crippen MR) is 482 cm³/mol. The number of carbonyl (C=O) groups excluding carboxylic acids is 5. The largest absolute Gasteiger partial charge is 0.508 e. The lowest BCUT2D eigenvalue weighted by atomic mass is 9.85. The predicted octanol–water partition coefficient (Wildman–Crippen LogP) is 26.0. The van der Waals surface area contributed by atoms with Gasteiger partial charge in [-0.25, -0.2) is 27.2 Å². The number of carbonyl (C=O) groups is 5. The molecule has 2 fully saturated rings. The minimum absolute atomic E-state index is 0.00530. The molecule has 0 radical (unpaired) electrons. The summed E-state index contributed by atoms with van der Waals surface area (Å²) < 4.78 is 231. The number of phenolic OH excluding ortho intramolecular Hbond substituents is 2. The van der Waals surface area contributed by atoms with Gasteiger partial charge in [0.25, 0.3) is 11.8 Å². The molecule has 134 heavy (non-hydrogen) atoms. The summed E-state index contributed by atoms with van der Waals surface area (Å²) in [5, 5.41) is 12.4. The van der Waals surface area contributed by atoms with Gasteiger partial charge < -0.3 is 24.4 Å². The van der Waals surface area contributed by atoms with Crippen molar-refractivity contribution in [1.82, 2.24) is 5.06 Å². The molecule has 4 atom stereocenters. The number of halogens is 15. The van der Waals surface area contributed by atoms with Crippen LogP contribution in [0, 0.1) is 23.7 Å². The van der Waals surface area contributed by atoms with Gasteiger partial charge in [0, 0.05) is 47.0 Å². The standard InChI is InChI=1S/3C18H15S.C17H19F4NO7S.2C14H16F4O3.C2H3F3/c3*1-4-10-16(11-5-1)19(17-12-6-2-7-13-17)18-14-8-3-9-15-18;1-9(23)28-7-3-2-6-16(18,19)17(20,21)30(26,27)29-22-14(24)12-10-4-5-11(8-10)13(12)15(22)25;1-13(15,16)14(17,18)8-2-3-9-21-12(20)10-4-6-11(19)7-5-10;1-13(15,16)14(17,18)8-4-5-9-21-12(20)10-6-2-3-7-11(10)19;1-2(3,4)5/h3*1-15H;4-5,10-13H,2-3,6-8H2,1H3;4-7,19H,2-3,8-9H2,1H3;2-3,6-7,19H,4-5,8-9H2,1H3;1H3/q3*+1;;;;. The zero-order valence-electron chi connectivity index (χ0n) is 72.9. The molecular weight excluding hydrogens is 1850 g/mol. The number of unbranched alkanes of at least 4 members (excludes halogenated alkanes) is 3. The maximum Gasteiger partial charge on any atom is 0.433 e. The van der Waals surface area contributed by atoms with Crippen LogP contribution in [0.5, 0.6) is 11.5 Å². The van der Waals surface area contributed by atoms with E-state index in [2.05, 4.69) is 282 Å². The molecule has 1 aliphatic heterocycles. The summed E-state index contributed by atoms with van der Waals surface area (Å²) in [6.07, 6.45) is -4.72. The van der Waals surface area contributed by atoms with E-state index in [1.807, 2.05) is 0 Å². The Labute approximate surface area is 776 Å². The number of esters is 3. The summed E-state index contributed by atoms with van der Waals surface area (Å²) >= 11 is 0. The van der Waals surface area contributed by atoms with E-state index in [4.69, 9.17) is 14.6 Å². The molecular formula is C101H99F15NO13S4+3. The van der Waals surface area contributed by atoms with Crippen LogP contribution in [0.2, 0.25) is 0 Å². The van der Waals surface area contributed by atoms with Gasteiger partial charge >= 0.3 is 69.1 Å². The van der Waals surface area contributed by atoms with Crippen LogP contribution in [0.15, 0.2) is 378 Å². The number of alkyl halides is 15. The normalized spacial score (nSPS) is 15.1. The summed E-state index contributed by atoms with van der Waals surface area (Å²) in [5.74, 6) is -28.6. The number of amides is 2. The van der Waals surface area contributed by atoms with E-state index in [1.54, 1.807) is 12.2 Å². The number of imide groups is 1. The smallest absolute Gasteiger partial charge is 0.433 e. The van der Waals surface area contributed by atoms with Gasteiger partial charge in [0.05, 0.1) is 69.9 Å². The van der Waals surface area contributed by atoms with Gasteiger partial charge in [0.1, 0.15) is 17.1 Å². The highest BCUT2D eigenvalue weighted by Gasteiger charge is 2.69. The molecule has 1 saturated carbocycles. The van der Waals surface area contributed by atoms with Crippen molar-refractivity contribution in [1.29, 1.82) is 0 Å². The van der Waals surface area contributed by atoms with Gasteiger partial charge in [0.2, 0.25) is 0 Å². The Morgan fingerprint density at radius 1 is 0.358 bits per heavy atom. The maximum atomic E-state index is 14.2. The number of para-hydroxylation sites is 1. The molecule has 1 heterocycles. The average molecular weight is 1950 g/mol. The molecule has 14 rings (SSSR count). The number of hydrogen-bond donors (Lipinski definition) is 2. The molecule has 11 aromatic carbocycles. The first-order chi connectivity index (χ1) is 63.4. The van der Waals surface area contributed by atoms with Crippen molar-refractivity contribution in [3.05, 3.63) is 345 Å². The molecule has 11 aromatic rings. The quantitative estimate of drug-likeness (QED) is 0.00768. The molecule has 4 unspecified atom stereocenters. The number of allylic oxidation sites excluding steroid dienone is 2. The third-order valence-corrected chi connectivity index (χ3v) is 28.1. The lowest BCUT2D eigenvalue weighted by Crippen LogP contribution is -2.50. The summed E-state index contributed by atoms with van der Waals surface area (Å²) in [6.45, 7) is 0.999. The van der Waals surface area contributed by atoms with Gasteiger partial charge in [-0.2, -0.15) is 56.7 Å². The molecule has 2 bridgehead atoms. The van der Waals surface area contributed by atoms with Crippen LogP contribution in [-0.2, 0) is 75.7 Å². The minimum atomic E-state index is -6.37. The Balaban J connectivity index is 0.000000197. The van der Waals surface area contributed by atoms with Gasteiger partial charge in [-0.05, 0) is 202 Å². The van der Waals surface area contributed by atoms with Crippen LogP contribution in [0.3, 0.4) is 0 Å². The van der Waals surface area contributed by atoms with Crippen molar-refractivity contribution in [2.75, 3.05) is 19.8 Å². The first kappa shape index (κ1) is 108. The molecule has 3 aliphatic rings. The fourth-order valence-corrected chi connectivity index (χ4v) is 20.6. The van der Waals surface area contributed by atoms with Crippen LogP contribution < -0.4 is 0 Å². The van der Waals surface area contributed by atoms with Gasteiger partial charge in [-0.3, -0.25) is 14.4 Å². The number of phenols is 2. The van der Waals surface area contributed by atoms with Crippen molar-refractivity contribution in [3.8, 4) is 11.5 Å². The Kier molecular flexibility index (Phi) is 40.6. The van der Waals surface area contributed by atoms with Crippen LogP contribution in [-0.4, -0.2) is 114 Å². The molecule has 2 N–H and O–H groups in total. The second-order valence-corrected chi connectivity index (χ2v) is 38.1. The first-order valence-corrected chi connectivity index (χ1v) is 47.1. The fourth-order valence-electron chi connectivity index (χ4n) is 13.4. The monoisotopic (exact) mass is 1950 g/mol. The maximum absolute atomic E-state index is 14.2. The zero-order valence-corrected chi connectivity index (χ0v) is 76.2. The zero-order chi connectivity index (χ0) is 97.9. The molecule has 14 nitrogen and oxygen atoms in total. The van der Waals surface area contributed by atoms with Crippen molar-refractivity contribution < 1.29 is 127 Å². The third-order valence-electron chi connectivity index (χ3n) is 20.1. The highest BCUT2D eigenvalue weighted by atomic mass is 32.2. The van der Waals surface area contributed by atoms with Crippen LogP contribution in [0.4, 0.5) is 65.9 Å². The lowest BCUT2D eigenvalue weighted by molar-refractivity contribution is -0.201. The highest BCUT2D eigenvalue weighted by Crippen LogP contribution is 2.54. The SMILES string of the molecule is CC(=O)OCCCCC(F)(F)C(F)(F)S(=O)(=O)ON1C(=O)C2C3C=CC(C3)C2C1=O.CC(F)(F)C(F)(F)CCCCOC(=O)c1ccc(O)cc1.CC(F)(F)C(F)(F)CCCCOC(=O)c1ccccc1O.CC(F)(F)F.c1ccc([S+](c2ccccc2)c2ccccc2)cc1.c1ccc([S+](c2ccccc2)c2ccccc2)cc1.c1ccc([S+](c2ccccc2)c2ccccc2)cc1. The first-order valence-electron chi connectivity index (χ1n) is 42.0. The number of ether oxygens (including phenoxy) is 3. The molecule has 1 saturated heterocycles. The number of fused-ring (bicyclic) bond motifs is 5. The number of benzene rings is 11.